The lowest BCUT2D eigenvalue weighted by Crippen LogP contribution is -2.59. The molecule has 0 radical (unpaired) electrons. The predicted octanol–water partition coefficient (Wildman–Crippen LogP) is 4.80. The maximum absolute atomic E-state index is 13.5. The lowest BCUT2D eigenvalue weighted by atomic mass is 9.60. The second-order valence-corrected chi connectivity index (χ2v) is 16.2. The number of halogens is 3. The average Bonchev–Trinajstić information content (AvgIpc) is 3.77. The predicted molar refractivity (Wildman–Crippen MR) is 202 cm³/mol. The number of piperazine rings is 1. The van der Waals surface area contributed by atoms with Crippen LogP contribution in [-0.4, -0.2) is 100 Å². The Morgan fingerprint density at radius 1 is 0.912 bits per heavy atom. The van der Waals surface area contributed by atoms with E-state index < -0.39 is 58.5 Å². The fraction of sp³-hybridized carbons (Fsp3) is 0.475. The molecule has 4 fully saturated rings. The molecule has 57 heavy (non-hydrogen) atoms. The lowest BCUT2D eigenvalue weighted by Gasteiger charge is -2.56. The number of carbonyl (C=O) groups is 5. The molecule has 0 bridgehead atoms. The Morgan fingerprint density at radius 3 is 2.26 bits per heavy atom. The summed E-state index contributed by atoms with van der Waals surface area (Å²) in [6.07, 6.45) is 3.26. The van der Waals surface area contributed by atoms with Crippen LogP contribution in [0.4, 0.5) is 35.9 Å². The van der Waals surface area contributed by atoms with Crippen LogP contribution in [0.2, 0.25) is 0 Å². The molecule has 1 unspecified atom stereocenters. The Kier molecular flexibility index (Phi) is 9.37. The molecule has 17 heteroatoms. The normalized spacial score (nSPS) is 21.7. The summed E-state index contributed by atoms with van der Waals surface area (Å²) in [7, 11) is 0. The van der Waals surface area contributed by atoms with E-state index in [4.69, 9.17) is 6.57 Å². The van der Waals surface area contributed by atoms with Gasteiger partial charge in [0.25, 0.3) is 17.7 Å². The molecular weight excluding hydrogens is 743 g/mol. The first-order valence-electron chi connectivity index (χ1n) is 19.1. The monoisotopic (exact) mass is 785 g/mol. The third-order valence-corrected chi connectivity index (χ3v) is 12.5. The molecule has 5 amide bonds. The highest BCUT2D eigenvalue weighted by molar-refractivity contribution is 6.23. The number of benzene rings is 2. The van der Waals surface area contributed by atoms with E-state index in [0.29, 0.717) is 6.04 Å². The van der Waals surface area contributed by atoms with E-state index in [2.05, 4.69) is 35.3 Å². The molecule has 14 nitrogen and oxygen atoms in total. The summed E-state index contributed by atoms with van der Waals surface area (Å²) in [5.74, 6) is -2.60. The van der Waals surface area contributed by atoms with Crippen LogP contribution in [0.25, 0.3) is 4.85 Å². The number of nitrogens with one attached hydrogen (secondary N) is 2. The molecule has 1 saturated carbocycles. The first-order valence-corrected chi connectivity index (χ1v) is 19.1. The average molecular weight is 786 g/mol. The SMILES string of the molecule is [C-]#[N+]c1ccc(NC(=O)C(C)(C)n2cc(N3CCC4(CC3)CC(N3CCN(c5ccc6c(c5)C(=O)N(C5CCC(=O)NC5=O)C6=O)CC3)C4)cn2)cc1C(F)(F)F. The van der Waals surface area contributed by atoms with Gasteiger partial charge in [-0.2, -0.15) is 18.3 Å². The molecule has 3 aromatic rings. The molecular formula is C40H42F3N9O5. The third-order valence-electron chi connectivity index (χ3n) is 12.5. The van der Waals surface area contributed by atoms with Crippen LogP contribution >= 0.6 is 0 Å². The van der Waals surface area contributed by atoms with Gasteiger partial charge in [0.05, 0.1) is 35.1 Å². The van der Waals surface area contributed by atoms with Crippen molar-refractivity contribution >= 4 is 52.3 Å². The summed E-state index contributed by atoms with van der Waals surface area (Å²) < 4.78 is 42.0. The molecule has 1 aliphatic carbocycles. The van der Waals surface area contributed by atoms with Crippen LogP contribution < -0.4 is 20.4 Å². The van der Waals surface area contributed by atoms with Crippen molar-refractivity contribution in [3.8, 4) is 0 Å². The van der Waals surface area contributed by atoms with E-state index in [9.17, 15) is 37.1 Å². The van der Waals surface area contributed by atoms with Crippen LogP contribution in [0.15, 0.2) is 48.8 Å². The maximum atomic E-state index is 13.5. The molecule has 3 saturated heterocycles. The topological polar surface area (TPSA) is 145 Å². The Morgan fingerprint density at radius 2 is 1.60 bits per heavy atom. The second-order valence-electron chi connectivity index (χ2n) is 16.2. The highest BCUT2D eigenvalue weighted by Gasteiger charge is 2.49. The highest BCUT2D eigenvalue weighted by atomic mass is 19.4. The summed E-state index contributed by atoms with van der Waals surface area (Å²) in [5, 5.41) is 9.25. The van der Waals surface area contributed by atoms with Gasteiger partial charge in [-0.3, -0.25) is 43.8 Å². The van der Waals surface area contributed by atoms with E-state index in [1.54, 1.807) is 38.4 Å². The number of anilines is 3. The first kappa shape index (κ1) is 38.1. The van der Waals surface area contributed by atoms with Crippen LogP contribution in [-0.2, 0) is 26.1 Å². The zero-order valence-corrected chi connectivity index (χ0v) is 31.6. The molecule has 8 rings (SSSR count). The fourth-order valence-electron chi connectivity index (χ4n) is 8.96. The van der Waals surface area contributed by atoms with Gasteiger partial charge in [-0.15, -0.1) is 0 Å². The van der Waals surface area contributed by atoms with E-state index in [-0.39, 0.29) is 35.1 Å². The van der Waals surface area contributed by atoms with Crippen LogP contribution in [0, 0.1) is 12.0 Å². The number of nitrogens with zero attached hydrogens (tertiary/aromatic N) is 7. The number of aromatic nitrogens is 2. The number of rotatable bonds is 7. The molecule has 1 aromatic heterocycles. The second kappa shape index (κ2) is 14.0. The highest BCUT2D eigenvalue weighted by Crippen LogP contribution is 2.51. The van der Waals surface area contributed by atoms with Crippen molar-refractivity contribution in [2.75, 3.05) is 54.4 Å². The van der Waals surface area contributed by atoms with Gasteiger partial charge in [0.2, 0.25) is 11.8 Å². The quantitative estimate of drug-likeness (QED) is 0.255. The first-order chi connectivity index (χ1) is 27.1. The zero-order valence-electron chi connectivity index (χ0n) is 31.6. The van der Waals surface area contributed by atoms with Crippen LogP contribution in [0.5, 0.6) is 0 Å². The van der Waals surface area contributed by atoms with E-state index in [1.807, 2.05) is 6.07 Å². The van der Waals surface area contributed by atoms with Gasteiger partial charge >= 0.3 is 6.18 Å². The van der Waals surface area contributed by atoms with E-state index in [0.717, 1.165) is 93.4 Å². The van der Waals surface area contributed by atoms with Crippen molar-refractivity contribution in [1.82, 2.24) is 24.9 Å². The van der Waals surface area contributed by atoms with Crippen molar-refractivity contribution in [2.45, 2.75) is 76.2 Å². The Hall–Kier alpha value is -5.76. The Balaban J connectivity index is 0.816. The molecule has 2 aromatic carbocycles. The minimum Gasteiger partial charge on any atom is -0.369 e. The van der Waals surface area contributed by atoms with E-state index in [1.165, 1.54) is 10.7 Å². The molecule has 298 valence electrons. The van der Waals surface area contributed by atoms with E-state index >= 15 is 0 Å². The van der Waals surface area contributed by atoms with Crippen LogP contribution in [0.3, 0.4) is 0 Å². The molecule has 1 atom stereocenters. The number of hydrogen-bond acceptors (Lipinski definition) is 9. The number of hydrogen-bond donors (Lipinski definition) is 2. The summed E-state index contributed by atoms with van der Waals surface area (Å²) >= 11 is 0. The van der Waals surface area contributed by atoms with Gasteiger partial charge in [0.15, 0.2) is 5.69 Å². The minimum absolute atomic E-state index is 0.0562. The molecule has 2 N–H and O–H groups in total. The summed E-state index contributed by atoms with van der Waals surface area (Å²) in [5.41, 5.74) is -0.353. The number of imide groups is 2. The summed E-state index contributed by atoms with van der Waals surface area (Å²) in [6, 6.07) is 7.87. The summed E-state index contributed by atoms with van der Waals surface area (Å²) in [6.45, 7) is 15.3. The smallest absolute Gasteiger partial charge is 0.369 e. The molecule has 1 spiro atoms. The number of amides is 5. The molecule has 5 heterocycles. The molecule has 4 aliphatic heterocycles. The fourth-order valence-corrected chi connectivity index (χ4v) is 8.96. The van der Waals surface area contributed by atoms with Crippen molar-refractivity contribution in [3.05, 3.63) is 76.9 Å². The zero-order chi connectivity index (χ0) is 40.4. The van der Waals surface area contributed by atoms with Gasteiger partial charge in [-0.05, 0) is 81.7 Å². The number of piperidine rings is 2. The Bertz CT molecular complexity index is 2200. The van der Waals surface area contributed by atoms with Crippen molar-refractivity contribution < 1.29 is 37.1 Å². The third kappa shape index (κ3) is 6.89. The maximum Gasteiger partial charge on any atom is 0.407 e. The largest absolute Gasteiger partial charge is 0.407 e. The van der Waals surface area contributed by atoms with Gasteiger partial charge in [-0.1, -0.05) is 6.07 Å². The lowest BCUT2D eigenvalue weighted by molar-refractivity contribution is -0.137. The summed E-state index contributed by atoms with van der Waals surface area (Å²) in [4.78, 5) is 74.7. The van der Waals surface area contributed by atoms with Crippen LogP contribution in [0.1, 0.15) is 78.7 Å². The number of alkyl halides is 3. The number of fused-ring (bicyclic) bond motifs is 1. The van der Waals surface area contributed by atoms with Gasteiger partial charge in [0.1, 0.15) is 11.6 Å². The van der Waals surface area contributed by atoms with Gasteiger partial charge in [-0.25, -0.2) is 4.85 Å². The van der Waals surface area contributed by atoms with Gasteiger partial charge in [0, 0.05) is 69.3 Å². The molecule has 5 aliphatic rings. The van der Waals surface area contributed by atoms with Crippen molar-refractivity contribution in [2.24, 2.45) is 5.41 Å². The Labute approximate surface area is 326 Å². The van der Waals surface area contributed by atoms with Crippen molar-refractivity contribution in [1.29, 1.82) is 0 Å². The number of carbonyl (C=O) groups excluding carboxylic acids is 5. The minimum atomic E-state index is -4.73. The standard InChI is InChI=1S/C40H42F3N9O5/c1-38(2,37(57)46-24-4-7-31(44-3)30(18-24)40(41,42)43)51-23-27(22-45-51)48-12-10-39(11-13-48)20-26(21-39)50-16-14-49(15-17-50)25-5-6-28-29(19-25)36(56)52(35(28)55)32-8-9-33(53)47-34(32)54/h4-7,18-19,22-23,26,32H,8-17,20-21H2,1-2H3,(H,46,57)(H,47,53,54). The van der Waals surface area contributed by atoms with Crippen molar-refractivity contribution in [3.63, 3.8) is 0 Å². The van der Waals surface area contributed by atoms with Gasteiger partial charge < -0.3 is 15.1 Å².